The third kappa shape index (κ3) is 1.33. The van der Waals surface area contributed by atoms with Crippen LogP contribution in [0.1, 0.15) is 43.2 Å². The fraction of sp³-hybridized carbons (Fsp3) is 0.571. The average molecular weight is 201 g/mol. The van der Waals surface area contributed by atoms with E-state index in [-0.39, 0.29) is 5.54 Å². The molecule has 0 radical (unpaired) electrons. The molecule has 1 aromatic carbocycles. The molecular weight excluding hydrogens is 182 g/mol. The van der Waals surface area contributed by atoms with Crippen LogP contribution in [-0.2, 0) is 12.0 Å². The van der Waals surface area contributed by atoms with Gasteiger partial charge in [-0.05, 0) is 36.3 Å². The van der Waals surface area contributed by atoms with E-state index in [9.17, 15) is 0 Å². The Morgan fingerprint density at radius 1 is 1.13 bits per heavy atom. The van der Waals surface area contributed by atoms with Gasteiger partial charge in [0.2, 0.25) is 0 Å². The van der Waals surface area contributed by atoms with Crippen molar-refractivity contribution in [2.45, 2.75) is 44.1 Å². The molecule has 0 saturated heterocycles. The quantitative estimate of drug-likeness (QED) is 0.686. The summed E-state index contributed by atoms with van der Waals surface area (Å²) >= 11 is 0. The lowest BCUT2D eigenvalue weighted by Gasteiger charge is -2.30. The fourth-order valence-electron chi connectivity index (χ4n) is 3.50. The van der Waals surface area contributed by atoms with Crippen LogP contribution in [0.4, 0.5) is 0 Å². The zero-order chi connectivity index (χ0) is 10.3. The van der Waals surface area contributed by atoms with E-state index in [2.05, 4.69) is 24.3 Å². The molecule has 1 nitrogen and oxygen atoms in total. The molecule has 0 aliphatic heterocycles. The van der Waals surface area contributed by atoms with Crippen molar-refractivity contribution in [2.24, 2.45) is 11.7 Å². The highest BCUT2D eigenvalue weighted by molar-refractivity contribution is 5.40. The van der Waals surface area contributed by atoms with Crippen molar-refractivity contribution >= 4 is 0 Å². The van der Waals surface area contributed by atoms with Crippen LogP contribution in [0.15, 0.2) is 24.3 Å². The Hall–Kier alpha value is -0.820. The minimum atomic E-state index is 0.00704. The van der Waals surface area contributed by atoms with E-state index >= 15 is 0 Å². The van der Waals surface area contributed by atoms with Gasteiger partial charge in [-0.25, -0.2) is 0 Å². The normalized spacial score (nSPS) is 34.3. The maximum Gasteiger partial charge on any atom is 0.0444 e. The molecule has 2 aliphatic carbocycles. The molecule has 0 unspecified atom stereocenters. The number of hydrogen-bond donors (Lipinski definition) is 1. The summed E-state index contributed by atoms with van der Waals surface area (Å²) in [6.45, 7) is 0. The number of nitrogens with two attached hydrogens (primary N) is 1. The smallest absolute Gasteiger partial charge is 0.0444 e. The first-order valence-electron chi connectivity index (χ1n) is 6.18. The average Bonchev–Trinajstić information content (AvgIpc) is 2.41. The van der Waals surface area contributed by atoms with Crippen molar-refractivity contribution in [1.82, 2.24) is 0 Å². The molecule has 15 heavy (non-hydrogen) atoms. The molecule has 2 aliphatic rings. The van der Waals surface area contributed by atoms with Gasteiger partial charge in [0.15, 0.2) is 0 Å². The van der Waals surface area contributed by atoms with Gasteiger partial charge in [-0.1, -0.05) is 43.5 Å². The second kappa shape index (κ2) is 3.34. The fourth-order valence-corrected chi connectivity index (χ4v) is 3.50. The standard InChI is InChI=1S/C14H19N/c15-14-9-5-1-2-7-12(14)10-11-6-3-4-8-13(11)14/h3-4,6,8,12H,1-2,5,7,9-10,15H2/t12-,14+/m1/s1. The lowest BCUT2D eigenvalue weighted by molar-refractivity contribution is 0.283. The van der Waals surface area contributed by atoms with Crippen molar-refractivity contribution in [2.75, 3.05) is 0 Å². The summed E-state index contributed by atoms with van der Waals surface area (Å²) in [5, 5.41) is 0. The van der Waals surface area contributed by atoms with E-state index in [0.29, 0.717) is 5.92 Å². The number of rotatable bonds is 0. The molecule has 1 fully saturated rings. The highest BCUT2D eigenvalue weighted by Gasteiger charge is 2.43. The van der Waals surface area contributed by atoms with Gasteiger partial charge in [0.1, 0.15) is 0 Å². The van der Waals surface area contributed by atoms with Gasteiger partial charge in [-0.3, -0.25) is 0 Å². The van der Waals surface area contributed by atoms with Gasteiger partial charge in [-0.15, -0.1) is 0 Å². The molecule has 1 aromatic rings. The molecule has 0 bridgehead atoms. The Labute approximate surface area is 91.7 Å². The maximum atomic E-state index is 6.68. The molecule has 1 saturated carbocycles. The van der Waals surface area contributed by atoms with Crippen LogP contribution in [0.25, 0.3) is 0 Å². The van der Waals surface area contributed by atoms with Crippen molar-refractivity contribution < 1.29 is 0 Å². The van der Waals surface area contributed by atoms with Crippen molar-refractivity contribution in [3.63, 3.8) is 0 Å². The first-order valence-corrected chi connectivity index (χ1v) is 6.18. The number of hydrogen-bond acceptors (Lipinski definition) is 1. The molecular formula is C14H19N. The predicted octanol–water partition coefficient (Wildman–Crippen LogP) is 2.98. The number of fused-ring (bicyclic) bond motifs is 3. The van der Waals surface area contributed by atoms with Crippen LogP contribution in [0.3, 0.4) is 0 Å². The molecule has 2 atom stereocenters. The summed E-state index contributed by atoms with van der Waals surface area (Å²) < 4.78 is 0. The monoisotopic (exact) mass is 201 g/mol. The summed E-state index contributed by atoms with van der Waals surface area (Å²) in [7, 11) is 0. The van der Waals surface area contributed by atoms with Gasteiger partial charge >= 0.3 is 0 Å². The molecule has 0 spiro atoms. The van der Waals surface area contributed by atoms with Crippen LogP contribution in [-0.4, -0.2) is 0 Å². The van der Waals surface area contributed by atoms with Gasteiger partial charge in [0, 0.05) is 5.54 Å². The largest absolute Gasteiger partial charge is 0.321 e. The van der Waals surface area contributed by atoms with Crippen LogP contribution >= 0.6 is 0 Å². The Morgan fingerprint density at radius 2 is 2.00 bits per heavy atom. The number of benzene rings is 1. The van der Waals surface area contributed by atoms with Gasteiger partial charge in [0.25, 0.3) is 0 Å². The Balaban J connectivity index is 2.06. The first kappa shape index (κ1) is 9.41. The highest BCUT2D eigenvalue weighted by Crippen LogP contribution is 2.46. The third-order valence-corrected chi connectivity index (χ3v) is 4.36. The SMILES string of the molecule is N[C@@]12CCCCC[C@@H]1Cc1ccccc12. The Kier molecular flexibility index (Phi) is 2.10. The summed E-state index contributed by atoms with van der Waals surface area (Å²) in [4.78, 5) is 0. The predicted molar refractivity (Wildman–Crippen MR) is 62.6 cm³/mol. The van der Waals surface area contributed by atoms with Crippen molar-refractivity contribution in [1.29, 1.82) is 0 Å². The minimum absolute atomic E-state index is 0.00704. The minimum Gasteiger partial charge on any atom is -0.321 e. The van der Waals surface area contributed by atoms with Crippen LogP contribution in [0, 0.1) is 5.92 Å². The first-order chi connectivity index (χ1) is 7.31. The van der Waals surface area contributed by atoms with Crippen molar-refractivity contribution in [3.05, 3.63) is 35.4 Å². The maximum absolute atomic E-state index is 6.68. The van der Waals surface area contributed by atoms with E-state index in [1.807, 2.05) is 0 Å². The molecule has 80 valence electrons. The van der Waals surface area contributed by atoms with Crippen LogP contribution in [0.5, 0.6) is 0 Å². The van der Waals surface area contributed by atoms with Gasteiger partial charge < -0.3 is 5.73 Å². The second-order valence-electron chi connectivity index (χ2n) is 5.20. The Bertz CT molecular complexity index is 371. The zero-order valence-electron chi connectivity index (χ0n) is 9.21. The lowest BCUT2D eigenvalue weighted by atomic mass is 9.81. The molecule has 0 heterocycles. The van der Waals surface area contributed by atoms with Crippen LogP contribution in [0.2, 0.25) is 0 Å². The molecule has 2 N–H and O–H groups in total. The van der Waals surface area contributed by atoms with E-state index in [0.717, 1.165) is 0 Å². The van der Waals surface area contributed by atoms with Gasteiger partial charge in [-0.2, -0.15) is 0 Å². The van der Waals surface area contributed by atoms with E-state index in [4.69, 9.17) is 5.73 Å². The summed E-state index contributed by atoms with van der Waals surface area (Å²) in [5.74, 6) is 0.706. The van der Waals surface area contributed by atoms with Gasteiger partial charge in [0.05, 0.1) is 0 Å². The second-order valence-corrected chi connectivity index (χ2v) is 5.20. The van der Waals surface area contributed by atoms with E-state index < -0.39 is 0 Å². The molecule has 0 amide bonds. The summed E-state index contributed by atoms with van der Waals surface area (Å²) in [6.07, 6.45) is 7.78. The van der Waals surface area contributed by atoms with E-state index in [1.54, 1.807) is 0 Å². The van der Waals surface area contributed by atoms with Crippen molar-refractivity contribution in [3.8, 4) is 0 Å². The summed E-state index contributed by atoms with van der Waals surface area (Å²) in [6, 6.07) is 8.80. The third-order valence-electron chi connectivity index (χ3n) is 4.36. The lowest BCUT2D eigenvalue weighted by Crippen LogP contribution is -2.40. The molecule has 0 aromatic heterocycles. The molecule has 3 rings (SSSR count). The topological polar surface area (TPSA) is 26.0 Å². The highest BCUT2D eigenvalue weighted by atomic mass is 14.8. The van der Waals surface area contributed by atoms with Crippen LogP contribution < -0.4 is 5.73 Å². The molecule has 1 heteroatoms. The Morgan fingerprint density at radius 3 is 2.93 bits per heavy atom. The zero-order valence-corrected chi connectivity index (χ0v) is 9.21. The summed E-state index contributed by atoms with van der Waals surface area (Å²) in [5.41, 5.74) is 9.63. The van der Waals surface area contributed by atoms with E-state index in [1.165, 1.54) is 49.7 Å².